The average molecular weight is 297 g/mol. The molecule has 1 fully saturated rings. The van der Waals surface area contributed by atoms with Crippen molar-refractivity contribution in [3.63, 3.8) is 0 Å². The molecule has 2 heterocycles. The molecule has 2 rings (SSSR count). The predicted molar refractivity (Wildman–Crippen MR) is 75.6 cm³/mol. The third-order valence-corrected chi connectivity index (χ3v) is 3.62. The van der Waals surface area contributed by atoms with Gasteiger partial charge in [0, 0.05) is 46.8 Å². The number of nitrogens with zero attached hydrogens (tertiary/aromatic N) is 5. The van der Waals surface area contributed by atoms with Crippen molar-refractivity contribution in [1.29, 1.82) is 0 Å². The molecule has 0 unspecified atom stereocenters. The van der Waals surface area contributed by atoms with Gasteiger partial charge >= 0.3 is 11.7 Å². The molecule has 1 aromatic rings. The van der Waals surface area contributed by atoms with Crippen LogP contribution < -0.4 is 16.1 Å². The number of carboxylic acids is 1. The van der Waals surface area contributed by atoms with Crippen molar-refractivity contribution in [2.24, 2.45) is 14.1 Å². The fourth-order valence-corrected chi connectivity index (χ4v) is 2.32. The summed E-state index contributed by atoms with van der Waals surface area (Å²) >= 11 is 0. The first-order chi connectivity index (χ1) is 9.90. The number of carboxylic acid groups (broad SMARTS) is 1. The second kappa shape index (κ2) is 6.08. The van der Waals surface area contributed by atoms with Crippen molar-refractivity contribution >= 4 is 11.8 Å². The zero-order chi connectivity index (χ0) is 15.6. The lowest BCUT2D eigenvalue weighted by Crippen LogP contribution is -2.51. The molecule has 1 aromatic heterocycles. The maximum Gasteiger partial charge on any atom is 0.346 e. The normalized spacial score (nSPS) is 16.2. The Hall–Kier alpha value is -2.16. The van der Waals surface area contributed by atoms with Crippen molar-refractivity contribution < 1.29 is 9.90 Å². The molecule has 9 heteroatoms. The van der Waals surface area contributed by atoms with Crippen LogP contribution in [0.2, 0.25) is 0 Å². The Balaban J connectivity index is 2.08. The highest BCUT2D eigenvalue weighted by Gasteiger charge is 2.22. The van der Waals surface area contributed by atoms with E-state index < -0.39 is 17.2 Å². The van der Waals surface area contributed by atoms with Crippen molar-refractivity contribution in [2.45, 2.75) is 6.42 Å². The van der Waals surface area contributed by atoms with Crippen molar-refractivity contribution in [3.8, 4) is 0 Å². The summed E-state index contributed by atoms with van der Waals surface area (Å²) in [5.74, 6) is -0.552. The number of hydrogen-bond acceptors (Lipinski definition) is 6. The zero-order valence-corrected chi connectivity index (χ0v) is 12.2. The average Bonchev–Trinajstić information content (AvgIpc) is 2.47. The lowest BCUT2D eigenvalue weighted by molar-refractivity contribution is -0.137. The highest BCUT2D eigenvalue weighted by Crippen LogP contribution is 2.08. The lowest BCUT2D eigenvalue weighted by atomic mass is 10.3. The van der Waals surface area contributed by atoms with Crippen LogP contribution in [0.25, 0.3) is 0 Å². The molecule has 1 saturated heterocycles. The van der Waals surface area contributed by atoms with Gasteiger partial charge in [0.15, 0.2) is 0 Å². The van der Waals surface area contributed by atoms with Gasteiger partial charge in [-0.3, -0.25) is 19.1 Å². The minimum atomic E-state index is -0.814. The van der Waals surface area contributed by atoms with E-state index in [0.717, 1.165) is 9.25 Å². The van der Waals surface area contributed by atoms with Gasteiger partial charge in [-0.2, -0.15) is 0 Å². The first-order valence-electron chi connectivity index (χ1n) is 6.73. The van der Waals surface area contributed by atoms with Crippen LogP contribution in [0.1, 0.15) is 6.42 Å². The maximum absolute atomic E-state index is 12.1. The molecule has 1 aliphatic heterocycles. The molecule has 1 N–H and O–H groups in total. The smallest absolute Gasteiger partial charge is 0.346 e. The van der Waals surface area contributed by atoms with Crippen molar-refractivity contribution in [1.82, 2.24) is 19.2 Å². The molecule has 0 saturated carbocycles. The van der Waals surface area contributed by atoms with Crippen LogP contribution in [0.5, 0.6) is 0 Å². The van der Waals surface area contributed by atoms with Gasteiger partial charge in [-0.25, -0.2) is 9.48 Å². The maximum atomic E-state index is 12.1. The number of rotatable bonds is 4. The first kappa shape index (κ1) is 15.2. The fourth-order valence-electron chi connectivity index (χ4n) is 2.32. The van der Waals surface area contributed by atoms with Crippen LogP contribution in [-0.4, -0.2) is 63.0 Å². The second-order valence-corrected chi connectivity index (χ2v) is 5.07. The van der Waals surface area contributed by atoms with E-state index in [1.165, 1.54) is 14.1 Å². The monoisotopic (exact) mass is 297 g/mol. The van der Waals surface area contributed by atoms with E-state index >= 15 is 0 Å². The van der Waals surface area contributed by atoms with E-state index in [0.29, 0.717) is 32.7 Å². The molecule has 0 radical (unpaired) electrons. The van der Waals surface area contributed by atoms with Gasteiger partial charge in [0.2, 0.25) is 5.82 Å². The Bertz CT molecular complexity index is 642. The largest absolute Gasteiger partial charge is 0.481 e. The number of aliphatic carboxylic acids is 1. The van der Waals surface area contributed by atoms with E-state index in [4.69, 9.17) is 5.11 Å². The van der Waals surface area contributed by atoms with E-state index in [1.807, 2.05) is 9.80 Å². The van der Waals surface area contributed by atoms with E-state index in [2.05, 4.69) is 5.10 Å². The second-order valence-electron chi connectivity index (χ2n) is 5.07. The summed E-state index contributed by atoms with van der Waals surface area (Å²) in [7, 11) is 2.94. The molecule has 0 bridgehead atoms. The number of hydrogen-bond donors (Lipinski definition) is 1. The SMILES string of the molecule is Cn1nc(N2CCN(CCC(=O)O)CC2)c(=O)n(C)c1=O. The lowest BCUT2D eigenvalue weighted by Gasteiger charge is -2.34. The number of piperazine rings is 1. The van der Waals surface area contributed by atoms with Crippen LogP contribution in [0.4, 0.5) is 5.82 Å². The molecule has 0 spiro atoms. The highest BCUT2D eigenvalue weighted by molar-refractivity contribution is 5.66. The summed E-state index contributed by atoms with van der Waals surface area (Å²) in [4.78, 5) is 38.1. The number of aryl methyl sites for hydroxylation is 1. The third kappa shape index (κ3) is 3.30. The summed E-state index contributed by atoms with van der Waals surface area (Å²) in [5.41, 5.74) is -0.860. The topological polar surface area (TPSA) is 101 Å². The number of aromatic nitrogens is 3. The Morgan fingerprint density at radius 1 is 1.19 bits per heavy atom. The quantitative estimate of drug-likeness (QED) is 0.691. The van der Waals surface area contributed by atoms with E-state index in [-0.39, 0.29) is 12.2 Å². The van der Waals surface area contributed by atoms with Crippen molar-refractivity contribution in [2.75, 3.05) is 37.6 Å². The van der Waals surface area contributed by atoms with Crippen LogP contribution in [-0.2, 0) is 18.9 Å². The van der Waals surface area contributed by atoms with E-state index in [1.54, 1.807) is 0 Å². The van der Waals surface area contributed by atoms with Crippen LogP contribution >= 0.6 is 0 Å². The number of carbonyl (C=O) groups is 1. The van der Waals surface area contributed by atoms with Gasteiger partial charge in [-0.05, 0) is 0 Å². The molecule has 9 nitrogen and oxygen atoms in total. The molecule has 1 aliphatic rings. The van der Waals surface area contributed by atoms with Gasteiger partial charge < -0.3 is 10.0 Å². The summed E-state index contributed by atoms with van der Waals surface area (Å²) in [6.07, 6.45) is 0.111. The summed E-state index contributed by atoms with van der Waals surface area (Å²) in [5, 5.41) is 12.7. The van der Waals surface area contributed by atoms with Gasteiger partial charge in [-0.1, -0.05) is 0 Å². The molecule has 0 atom stereocenters. The standard InChI is InChI=1S/C12H19N5O4/c1-14-11(20)10(13-15(2)12(14)21)17-7-5-16(6-8-17)4-3-9(18)19/h3-8H2,1-2H3,(H,18,19). The molecule has 0 aliphatic carbocycles. The molecular weight excluding hydrogens is 278 g/mol. The Kier molecular flexibility index (Phi) is 4.41. The van der Waals surface area contributed by atoms with Gasteiger partial charge in [0.25, 0.3) is 5.56 Å². The summed E-state index contributed by atoms with van der Waals surface area (Å²) in [6.45, 7) is 3.00. The van der Waals surface area contributed by atoms with Crippen LogP contribution in [0.15, 0.2) is 9.59 Å². The predicted octanol–water partition coefficient (Wildman–Crippen LogP) is -1.92. The molecule has 21 heavy (non-hydrogen) atoms. The number of anilines is 1. The third-order valence-electron chi connectivity index (χ3n) is 3.62. The first-order valence-corrected chi connectivity index (χ1v) is 6.73. The molecule has 116 valence electrons. The zero-order valence-electron chi connectivity index (χ0n) is 12.2. The van der Waals surface area contributed by atoms with Crippen LogP contribution in [0.3, 0.4) is 0 Å². The highest BCUT2D eigenvalue weighted by atomic mass is 16.4. The Morgan fingerprint density at radius 2 is 1.81 bits per heavy atom. The minimum Gasteiger partial charge on any atom is -0.481 e. The molecule has 0 amide bonds. The Labute approximate surface area is 121 Å². The molecule has 0 aromatic carbocycles. The Morgan fingerprint density at radius 3 is 2.38 bits per heavy atom. The van der Waals surface area contributed by atoms with Crippen LogP contribution in [0, 0.1) is 0 Å². The van der Waals surface area contributed by atoms with Gasteiger partial charge in [-0.15, -0.1) is 5.10 Å². The summed E-state index contributed by atoms with van der Waals surface area (Å²) in [6, 6.07) is 0. The minimum absolute atomic E-state index is 0.111. The molecular formula is C12H19N5O4. The summed E-state index contributed by atoms with van der Waals surface area (Å²) < 4.78 is 2.19. The van der Waals surface area contributed by atoms with Gasteiger partial charge in [0.05, 0.1) is 6.42 Å². The fraction of sp³-hybridized carbons (Fsp3) is 0.667. The van der Waals surface area contributed by atoms with Gasteiger partial charge in [0.1, 0.15) is 0 Å². The van der Waals surface area contributed by atoms with E-state index in [9.17, 15) is 14.4 Å². The van der Waals surface area contributed by atoms with Crippen molar-refractivity contribution in [3.05, 3.63) is 20.8 Å².